The molecule has 7 nitrogen and oxygen atoms in total. The van der Waals surface area contributed by atoms with Gasteiger partial charge in [0.05, 0.1) is 16.2 Å². The van der Waals surface area contributed by atoms with Gasteiger partial charge in [0.25, 0.3) is 5.69 Å². The molecule has 0 spiro atoms. The van der Waals surface area contributed by atoms with Crippen LogP contribution < -0.4 is 5.63 Å². The molecule has 0 atom stereocenters. The number of nitro benzene ring substituents is 1. The summed E-state index contributed by atoms with van der Waals surface area (Å²) in [5, 5.41) is 13.3. The molecule has 110 valence electrons. The summed E-state index contributed by atoms with van der Waals surface area (Å²) in [4.78, 5) is 24.3. The number of H-pyrrole nitrogens is 1. The summed E-state index contributed by atoms with van der Waals surface area (Å²) in [6.45, 7) is 2.49. The molecule has 3 rings (SSSR count). The van der Waals surface area contributed by atoms with Crippen LogP contribution in [0, 0.1) is 10.1 Å². The fourth-order valence-corrected chi connectivity index (χ4v) is 2.61. The van der Waals surface area contributed by atoms with Crippen LogP contribution in [0.15, 0.2) is 33.6 Å². The molecule has 1 N–H and O–H groups in total. The predicted molar refractivity (Wildman–Crippen MR) is 75.9 cm³/mol. The lowest BCUT2D eigenvalue weighted by Crippen LogP contribution is -2.21. The third-order valence-electron chi connectivity index (χ3n) is 3.74. The van der Waals surface area contributed by atoms with E-state index in [9.17, 15) is 14.9 Å². The van der Waals surface area contributed by atoms with Gasteiger partial charge in [-0.05, 0) is 38.1 Å². The fraction of sp³-hybridized carbons (Fsp3) is 0.357. The first-order valence-corrected chi connectivity index (χ1v) is 6.82. The van der Waals surface area contributed by atoms with Gasteiger partial charge >= 0.3 is 5.63 Å². The lowest BCUT2D eigenvalue weighted by atomic mass is 10.1. The molecule has 1 fully saturated rings. The van der Waals surface area contributed by atoms with Crippen molar-refractivity contribution < 1.29 is 9.45 Å². The van der Waals surface area contributed by atoms with Crippen LogP contribution >= 0.6 is 0 Å². The van der Waals surface area contributed by atoms with Crippen molar-refractivity contribution in [3.8, 4) is 11.3 Å². The van der Waals surface area contributed by atoms with Crippen LogP contribution in [0.4, 0.5) is 5.69 Å². The Morgan fingerprint density at radius 3 is 2.52 bits per heavy atom. The third kappa shape index (κ3) is 2.73. The van der Waals surface area contributed by atoms with Crippen LogP contribution in [-0.4, -0.2) is 28.1 Å². The van der Waals surface area contributed by atoms with Crippen molar-refractivity contribution in [1.29, 1.82) is 0 Å². The highest BCUT2D eigenvalue weighted by atomic mass is 16.6. The number of benzene rings is 1. The number of likely N-dealkylation sites (tertiary alicyclic amines) is 1. The molecule has 0 aliphatic carbocycles. The number of hydrogen-bond donors (Lipinski definition) is 1. The number of aromatic nitrogens is 1. The topological polar surface area (TPSA) is 92.4 Å². The van der Waals surface area contributed by atoms with Crippen molar-refractivity contribution in [2.75, 3.05) is 13.1 Å². The van der Waals surface area contributed by atoms with E-state index < -0.39 is 4.92 Å². The van der Waals surface area contributed by atoms with Crippen molar-refractivity contribution >= 4 is 5.69 Å². The first kappa shape index (κ1) is 13.6. The Morgan fingerprint density at radius 1 is 1.24 bits per heavy atom. The molecule has 1 aromatic carbocycles. The Labute approximate surface area is 120 Å². The minimum Gasteiger partial charge on any atom is -0.338 e. The summed E-state index contributed by atoms with van der Waals surface area (Å²) in [5.74, 6) is 0. The number of nitrogens with one attached hydrogen (secondary N) is 1. The molecule has 0 unspecified atom stereocenters. The van der Waals surface area contributed by atoms with Gasteiger partial charge in [-0.3, -0.25) is 15.0 Å². The SMILES string of the molecule is O=c1o[nH]c(-c2ccc([N+](=O)[O-])cc2)c1CN1CCCC1. The molecule has 2 heterocycles. The zero-order valence-corrected chi connectivity index (χ0v) is 11.4. The van der Waals surface area contributed by atoms with Gasteiger partial charge in [-0.15, -0.1) is 0 Å². The third-order valence-corrected chi connectivity index (χ3v) is 3.74. The number of nitrogens with zero attached hydrogens (tertiary/aromatic N) is 2. The molecule has 0 amide bonds. The van der Waals surface area contributed by atoms with E-state index in [1.807, 2.05) is 0 Å². The quantitative estimate of drug-likeness (QED) is 0.687. The van der Waals surface area contributed by atoms with E-state index in [0.29, 0.717) is 23.4 Å². The number of aromatic amines is 1. The van der Waals surface area contributed by atoms with Crippen molar-refractivity contribution in [2.45, 2.75) is 19.4 Å². The minimum absolute atomic E-state index is 0.0192. The van der Waals surface area contributed by atoms with Crippen molar-refractivity contribution in [3.05, 3.63) is 50.4 Å². The maximum Gasteiger partial charge on any atom is 0.362 e. The van der Waals surface area contributed by atoms with Crippen molar-refractivity contribution in [2.24, 2.45) is 0 Å². The maximum absolute atomic E-state index is 11.8. The molecular formula is C14H15N3O4. The average Bonchev–Trinajstić information content (AvgIpc) is 3.11. The second-order valence-electron chi connectivity index (χ2n) is 5.13. The molecule has 1 aromatic heterocycles. The summed E-state index contributed by atoms with van der Waals surface area (Å²) in [6.07, 6.45) is 2.28. The Kier molecular flexibility index (Phi) is 3.57. The van der Waals surface area contributed by atoms with Crippen molar-refractivity contribution in [3.63, 3.8) is 0 Å². The molecule has 7 heteroatoms. The lowest BCUT2D eigenvalue weighted by Gasteiger charge is -2.13. The van der Waals surface area contributed by atoms with Gasteiger partial charge in [0.1, 0.15) is 0 Å². The molecular weight excluding hydrogens is 274 g/mol. The minimum atomic E-state index is -0.451. The molecule has 0 saturated carbocycles. The van der Waals surface area contributed by atoms with E-state index in [1.54, 1.807) is 12.1 Å². The first-order chi connectivity index (χ1) is 10.1. The second-order valence-corrected chi connectivity index (χ2v) is 5.13. The van der Waals surface area contributed by atoms with E-state index in [0.717, 1.165) is 25.9 Å². The van der Waals surface area contributed by atoms with E-state index in [2.05, 4.69) is 10.1 Å². The van der Waals surface area contributed by atoms with Crippen molar-refractivity contribution in [1.82, 2.24) is 10.1 Å². The number of non-ortho nitro benzene ring substituents is 1. The van der Waals surface area contributed by atoms with Crippen LogP contribution in [-0.2, 0) is 6.54 Å². The van der Waals surface area contributed by atoms with E-state index >= 15 is 0 Å². The monoisotopic (exact) mass is 289 g/mol. The van der Waals surface area contributed by atoms with Crippen LogP contribution in [0.25, 0.3) is 11.3 Å². The maximum atomic E-state index is 11.8. The number of hydrogen-bond acceptors (Lipinski definition) is 5. The normalized spacial score (nSPS) is 15.4. The van der Waals surface area contributed by atoms with Gasteiger partial charge < -0.3 is 4.52 Å². The summed E-state index contributed by atoms with van der Waals surface area (Å²) in [5.41, 5.74) is 1.52. The average molecular weight is 289 g/mol. The number of rotatable bonds is 4. The summed E-state index contributed by atoms with van der Waals surface area (Å²) in [7, 11) is 0. The standard InChI is InChI=1S/C14H15N3O4/c18-14-12(9-16-7-1-2-8-16)13(15-21-14)10-3-5-11(6-4-10)17(19)20/h3-6,15H,1-2,7-9H2. The molecule has 0 radical (unpaired) electrons. The predicted octanol–water partition coefficient (Wildman–Crippen LogP) is 2.14. The molecule has 1 aliphatic rings. The summed E-state index contributed by atoms with van der Waals surface area (Å²) < 4.78 is 4.90. The van der Waals surface area contributed by atoms with E-state index in [-0.39, 0.29) is 11.3 Å². The van der Waals surface area contributed by atoms with Gasteiger partial charge in [0.2, 0.25) is 0 Å². The van der Waals surface area contributed by atoms with E-state index in [1.165, 1.54) is 12.1 Å². The molecule has 0 bridgehead atoms. The second kappa shape index (κ2) is 5.53. The van der Waals surface area contributed by atoms with Gasteiger partial charge in [0, 0.05) is 24.2 Å². The highest BCUT2D eigenvalue weighted by Gasteiger charge is 2.20. The smallest absolute Gasteiger partial charge is 0.338 e. The molecule has 1 aliphatic heterocycles. The van der Waals surface area contributed by atoms with Gasteiger partial charge in [-0.1, -0.05) is 0 Å². The van der Waals surface area contributed by atoms with Crippen LogP contribution in [0.2, 0.25) is 0 Å². The van der Waals surface area contributed by atoms with Gasteiger partial charge in [0.15, 0.2) is 0 Å². The molecule has 2 aromatic rings. The highest BCUT2D eigenvalue weighted by molar-refractivity contribution is 5.63. The van der Waals surface area contributed by atoms with E-state index in [4.69, 9.17) is 4.52 Å². The Hall–Kier alpha value is -2.41. The van der Waals surface area contributed by atoms with Crippen LogP contribution in [0.5, 0.6) is 0 Å². The van der Waals surface area contributed by atoms with Gasteiger partial charge in [-0.2, -0.15) is 0 Å². The molecule has 21 heavy (non-hydrogen) atoms. The zero-order valence-electron chi connectivity index (χ0n) is 11.4. The van der Waals surface area contributed by atoms with Crippen LogP contribution in [0.3, 0.4) is 0 Å². The largest absolute Gasteiger partial charge is 0.362 e. The van der Waals surface area contributed by atoms with Crippen LogP contribution in [0.1, 0.15) is 18.4 Å². The highest BCUT2D eigenvalue weighted by Crippen LogP contribution is 2.24. The Bertz CT molecular complexity index is 696. The summed E-state index contributed by atoms with van der Waals surface area (Å²) in [6, 6.07) is 6.07. The van der Waals surface area contributed by atoms with Gasteiger partial charge in [-0.25, -0.2) is 9.95 Å². The first-order valence-electron chi connectivity index (χ1n) is 6.82. The lowest BCUT2D eigenvalue weighted by molar-refractivity contribution is -0.384. The summed E-state index contributed by atoms with van der Waals surface area (Å²) >= 11 is 0. The zero-order chi connectivity index (χ0) is 14.8. The Morgan fingerprint density at radius 2 is 1.90 bits per heavy atom. The Balaban J connectivity index is 1.91. The molecule has 1 saturated heterocycles. The number of nitro groups is 1. The fourth-order valence-electron chi connectivity index (χ4n) is 2.61.